The predicted molar refractivity (Wildman–Crippen MR) is 115 cm³/mol. The van der Waals surface area contributed by atoms with Crippen LogP contribution in [0.4, 0.5) is 0 Å². The van der Waals surface area contributed by atoms with Crippen molar-refractivity contribution in [3.8, 4) is 5.75 Å². The summed E-state index contributed by atoms with van der Waals surface area (Å²) in [7, 11) is 1.68. The van der Waals surface area contributed by atoms with Gasteiger partial charge >= 0.3 is 0 Å². The molecule has 0 saturated carbocycles. The van der Waals surface area contributed by atoms with Crippen LogP contribution in [0.25, 0.3) is 10.8 Å². The Morgan fingerprint density at radius 3 is 2.77 bits per heavy atom. The van der Waals surface area contributed by atoms with E-state index >= 15 is 0 Å². The molecule has 142 valence electrons. The number of methoxy groups -OCH3 is 1. The van der Waals surface area contributed by atoms with Gasteiger partial charge in [0.05, 0.1) is 33.5 Å². The van der Waals surface area contributed by atoms with Crippen LogP contribution < -0.4 is 10.1 Å². The van der Waals surface area contributed by atoms with Gasteiger partial charge in [-0.25, -0.2) is 0 Å². The molecule has 0 bridgehead atoms. The summed E-state index contributed by atoms with van der Waals surface area (Å²) in [5.41, 5.74) is 1.21. The lowest BCUT2D eigenvalue weighted by atomic mass is 10.1. The Bertz CT molecular complexity index is 739. The molecule has 0 fully saturated rings. The molecule has 0 spiro atoms. The van der Waals surface area contributed by atoms with Gasteiger partial charge in [-0.1, -0.05) is 18.2 Å². The van der Waals surface area contributed by atoms with E-state index in [1.165, 1.54) is 16.3 Å². The molecule has 0 saturated heterocycles. The van der Waals surface area contributed by atoms with Crippen LogP contribution in [0.1, 0.15) is 5.56 Å². The number of nitrogens with zero attached hydrogens (tertiary/aromatic N) is 2. The van der Waals surface area contributed by atoms with E-state index in [1.807, 2.05) is 12.1 Å². The maximum atomic E-state index is 8.74. The van der Waals surface area contributed by atoms with Gasteiger partial charge in [0, 0.05) is 19.6 Å². The second-order valence-corrected chi connectivity index (χ2v) is 5.93. The van der Waals surface area contributed by atoms with Crippen LogP contribution in [-0.2, 0) is 11.3 Å². The monoisotopic (exact) mass is 471 g/mol. The summed E-state index contributed by atoms with van der Waals surface area (Å²) in [6, 6.07) is 12.5. The minimum absolute atomic E-state index is 0. The third-order valence-electron chi connectivity index (χ3n) is 4.23. The summed E-state index contributed by atoms with van der Waals surface area (Å²) in [6.45, 7) is 4.27. The molecule has 0 aliphatic carbocycles. The van der Waals surface area contributed by atoms with E-state index in [0.717, 1.165) is 37.9 Å². The number of aliphatic hydroxyl groups excluding tert-OH is 1. The first-order valence-corrected chi connectivity index (χ1v) is 8.59. The fraction of sp³-hybridized carbons (Fsp3) is 0.421. The first-order chi connectivity index (χ1) is 12.3. The highest BCUT2D eigenvalue weighted by atomic mass is 127. The number of aliphatic hydroxyl groups is 1. The topological polar surface area (TPSA) is 66.3 Å². The van der Waals surface area contributed by atoms with Crippen LogP contribution in [0.5, 0.6) is 5.75 Å². The second-order valence-electron chi connectivity index (χ2n) is 5.93. The third kappa shape index (κ3) is 5.46. The second kappa shape index (κ2) is 10.5. The number of rotatable bonds is 8. The maximum Gasteiger partial charge on any atom is 0.194 e. The summed E-state index contributed by atoms with van der Waals surface area (Å²) in [4.78, 5) is 6.71. The van der Waals surface area contributed by atoms with Gasteiger partial charge < -0.3 is 24.8 Å². The highest BCUT2D eigenvalue weighted by Gasteiger charge is 2.16. The van der Waals surface area contributed by atoms with Crippen LogP contribution >= 0.6 is 24.0 Å². The lowest BCUT2D eigenvalue weighted by Crippen LogP contribution is -2.40. The van der Waals surface area contributed by atoms with E-state index in [1.54, 1.807) is 7.11 Å². The fourth-order valence-corrected chi connectivity index (χ4v) is 2.90. The number of benzene rings is 2. The molecule has 26 heavy (non-hydrogen) atoms. The molecule has 1 heterocycles. The van der Waals surface area contributed by atoms with Crippen molar-refractivity contribution < 1.29 is 14.6 Å². The van der Waals surface area contributed by atoms with Gasteiger partial charge in [-0.3, -0.25) is 4.99 Å². The molecule has 3 rings (SSSR count). The Kier molecular flexibility index (Phi) is 8.40. The van der Waals surface area contributed by atoms with Gasteiger partial charge in [0.25, 0.3) is 0 Å². The van der Waals surface area contributed by atoms with Crippen molar-refractivity contribution >= 4 is 40.7 Å². The number of halogens is 1. The first-order valence-electron chi connectivity index (χ1n) is 8.59. The predicted octanol–water partition coefficient (Wildman–Crippen LogP) is 2.24. The number of guanidine groups is 1. The minimum Gasteiger partial charge on any atom is -0.497 e. The van der Waals surface area contributed by atoms with Crippen LogP contribution in [0.2, 0.25) is 0 Å². The summed E-state index contributed by atoms with van der Waals surface area (Å²) in [6.07, 6.45) is 0. The summed E-state index contributed by atoms with van der Waals surface area (Å²) >= 11 is 0. The normalized spacial score (nSPS) is 13.5. The Morgan fingerprint density at radius 2 is 1.96 bits per heavy atom. The van der Waals surface area contributed by atoms with Gasteiger partial charge in [-0.2, -0.15) is 0 Å². The highest BCUT2D eigenvalue weighted by Crippen LogP contribution is 2.21. The molecule has 2 aromatic rings. The summed E-state index contributed by atoms with van der Waals surface area (Å²) < 4.78 is 10.6. The number of hydrogen-bond acceptors (Lipinski definition) is 6. The van der Waals surface area contributed by atoms with E-state index in [0.29, 0.717) is 13.2 Å². The first kappa shape index (κ1) is 20.7. The lowest BCUT2D eigenvalue weighted by molar-refractivity contribution is 0.0849. The number of ether oxygens (including phenoxy) is 2. The van der Waals surface area contributed by atoms with Crippen LogP contribution in [0, 0.1) is 0 Å². The summed E-state index contributed by atoms with van der Waals surface area (Å²) in [5.74, 6) is 1.79. The molecule has 0 aromatic heterocycles. The molecule has 7 heteroatoms. The number of nitrogens with one attached hydrogen (secondary N) is 1. The quantitative estimate of drug-likeness (QED) is 0.457. The molecule has 0 amide bonds. The number of fused-ring (bicyclic) bond motifs is 1. The Balaban J connectivity index is 0.00000243. The van der Waals surface area contributed by atoms with Gasteiger partial charge in [-0.15, -0.1) is 24.0 Å². The molecule has 2 N–H and O–H groups in total. The number of hydrogen-bond donors (Lipinski definition) is 2. The van der Waals surface area contributed by atoms with E-state index < -0.39 is 0 Å². The molecular formula is C19H26IN3O3. The van der Waals surface area contributed by atoms with Gasteiger partial charge in [0.15, 0.2) is 5.96 Å². The fourth-order valence-electron chi connectivity index (χ4n) is 2.90. The third-order valence-corrected chi connectivity index (χ3v) is 4.23. The molecule has 0 atom stereocenters. The zero-order valence-corrected chi connectivity index (χ0v) is 17.3. The van der Waals surface area contributed by atoms with Crippen molar-refractivity contribution in [1.82, 2.24) is 10.2 Å². The summed E-state index contributed by atoms with van der Waals surface area (Å²) in [5, 5.41) is 14.5. The van der Waals surface area contributed by atoms with Crippen LogP contribution in [0.3, 0.4) is 0 Å². The lowest BCUT2D eigenvalue weighted by Gasteiger charge is -2.21. The van der Waals surface area contributed by atoms with Gasteiger partial charge in [0.2, 0.25) is 0 Å². The molecule has 2 aromatic carbocycles. The minimum atomic E-state index is 0. The zero-order valence-electron chi connectivity index (χ0n) is 15.0. The molecular weight excluding hydrogens is 445 g/mol. The smallest absolute Gasteiger partial charge is 0.194 e. The van der Waals surface area contributed by atoms with Crippen molar-refractivity contribution in [2.75, 3.05) is 46.6 Å². The van der Waals surface area contributed by atoms with Gasteiger partial charge in [-0.05, 0) is 34.5 Å². The Hall–Kier alpha value is -1.58. The molecule has 6 nitrogen and oxygen atoms in total. The standard InChI is InChI=1S/C19H25N3O3.HI/c1-24-18-5-4-16-12-15(2-3-17(16)13-18)14-21-19-20-6-7-22(19)8-10-25-11-9-23;/h2-5,12-13,23H,6-11,14H2,1H3,(H,20,21);1H. The van der Waals surface area contributed by atoms with Crippen molar-refractivity contribution in [3.63, 3.8) is 0 Å². The van der Waals surface area contributed by atoms with Crippen molar-refractivity contribution in [1.29, 1.82) is 0 Å². The largest absolute Gasteiger partial charge is 0.497 e. The van der Waals surface area contributed by atoms with E-state index in [4.69, 9.17) is 14.6 Å². The average Bonchev–Trinajstić information content (AvgIpc) is 3.10. The molecule has 1 aliphatic heterocycles. The Morgan fingerprint density at radius 1 is 1.15 bits per heavy atom. The SMILES string of the molecule is COc1ccc2cc(CNC3=NCCN3CCOCCO)ccc2c1.I. The van der Waals surface area contributed by atoms with E-state index in [9.17, 15) is 0 Å². The average molecular weight is 471 g/mol. The van der Waals surface area contributed by atoms with E-state index in [-0.39, 0.29) is 30.6 Å². The van der Waals surface area contributed by atoms with Crippen molar-refractivity contribution in [3.05, 3.63) is 42.0 Å². The molecule has 0 radical (unpaired) electrons. The molecule has 0 unspecified atom stereocenters. The van der Waals surface area contributed by atoms with Crippen molar-refractivity contribution in [2.24, 2.45) is 4.99 Å². The van der Waals surface area contributed by atoms with Crippen LogP contribution in [0.15, 0.2) is 41.4 Å². The van der Waals surface area contributed by atoms with Crippen molar-refractivity contribution in [2.45, 2.75) is 6.54 Å². The van der Waals surface area contributed by atoms with Crippen LogP contribution in [-0.4, -0.2) is 62.5 Å². The van der Waals surface area contributed by atoms with Gasteiger partial charge in [0.1, 0.15) is 5.75 Å². The Labute approximate surface area is 171 Å². The maximum absolute atomic E-state index is 8.74. The van der Waals surface area contributed by atoms with E-state index in [2.05, 4.69) is 39.5 Å². The number of aliphatic imine (C=N–C) groups is 1. The highest BCUT2D eigenvalue weighted by molar-refractivity contribution is 14.0. The zero-order chi connectivity index (χ0) is 17.5. The molecule has 1 aliphatic rings.